The van der Waals surface area contributed by atoms with E-state index in [1.54, 1.807) is 6.92 Å². The van der Waals surface area contributed by atoms with Crippen molar-refractivity contribution in [3.05, 3.63) is 70.9 Å². The maximum absolute atomic E-state index is 12.7. The van der Waals surface area contributed by atoms with Crippen LogP contribution in [0, 0.1) is 0 Å². The summed E-state index contributed by atoms with van der Waals surface area (Å²) in [5, 5.41) is 5.67. The zero-order valence-corrected chi connectivity index (χ0v) is 19.2. The standard InChI is InChI=1S/C26H32N2O4/c1-5-7-8-22-23(25(29)31-6-2)24(28-26(30)27-22)19-11-15-21(16-12-19)32-20-13-9-18(10-14-20)17(3)4/h9-17,24H,5-8H2,1-4H3,(H2,27,28,30). The second-order valence-corrected chi connectivity index (χ2v) is 8.14. The van der Waals surface area contributed by atoms with Crippen LogP contribution in [-0.4, -0.2) is 18.6 Å². The van der Waals surface area contributed by atoms with E-state index in [1.807, 2.05) is 36.4 Å². The van der Waals surface area contributed by atoms with Crippen molar-refractivity contribution in [1.29, 1.82) is 0 Å². The normalized spacial score (nSPS) is 15.9. The van der Waals surface area contributed by atoms with Crippen LogP contribution in [0.2, 0.25) is 0 Å². The molecule has 1 atom stereocenters. The quantitative estimate of drug-likeness (QED) is 0.475. The summed E-state index contributed by atoms with van der Waals surface area (Å²) < 4.78 is 11.3. The Morgan fingerprint density at radius 1 is 1.00 bits per heavy atom. The van der Waals surface area contributed by atoms with Crippen LogP contribution in [0.4, 0.5) is 4.79 Å². The molecule has 2 aromatic rings. The van der Waals surface area contributed by atoms with Gasteiger partial charge in [0, 0.05) is 5.70 Å². The number of carbonyl (C=O) groups is 2. The van der Waals surface area contributed by atoms with Crippen LogP contribution in [0.5, 0.6) is 11.5 Å². The predicted octanol–water partition coefficient (Wildman–Crippen LogP) is 5.96. The molecular formula is C26H32N2O4. The van der Waals surface area contributed by atoms with Crippen LogP contribution in [0.15, 0.2) is 59.8 Å². The lowest BCUT2D eigenvalue weighted by atomic mass is 9.93. The van der Waals surface area contributed by atoms with Gasteiger partial charge in [0.25, 0.3) is 0 Å². The summed E-state index contributed by atoms with van der Waals surface area (Å²) >= 11 is 0. The Morgan fingerprint density at radius 3 is 2.19 bits per heavy atom. The van der Waals surface area contributed by atoms with Gasteiger partial charge in [0.1, 0.15) is 11.5 Å². The maximum atomic E-state index is 12.7. The Labute approximate surface area is 190 Å². The van der Waals surface area contributed by atoms with Crippen molar-refractivity contribution in [3.8, 4) is 11.5 Å². The molecule has 0 fully saturated rings. The number of unbranched alkanes of at least 4 members (excludes halogenated alkanes) is 1. The van der Waals surface area contributed by atoms with E-state index in [2.05, 4.69) is 43.5 Å². The van der Waals surface area contributed by atoms with Gasteiger partial charge >= 0.3 is 12.0 Å². The van der Waals surface area contributed by atoms with Crippen molar-refractivity contribution in [1.82, 2.24) is 10.6 Å². The van der Waals surface area contributed by atoms with Gasteiger partial charge in [0.05, 0.1) is 18.2 Å². The molecule has 32 heavy (non-hydrogen) atoms. The highest BCUT2D eigenvalue weighted by molar-refractivity contribution is 5.95. The van der Waals surface area contributed by atoms with E-state index >= 15 is 0 Å². The highest BCUT2D eigenvalue weighted by atomic mass is 16.5. The van der Waals surface area contributed by atoms with E-state index < -0.39 is 12.0 Å². The molecule has 2 N–H and O–H groups in total. The van der Waals surface area contributed by atoms with Crippen LogP contribution in [0.3, 0.4) is 0 Å². The zero-order valence-electron chi connectivity index (χ0n) is 19.2. The molecule has 1 unspecified atom stereocenters. The van der Waals surface area contributed by atoms with Crippen LogP contribution in [-0.2, 0) is 9.53 Å². The van der Waals surface area contributed by atoms with Gasteiger partial charge in [-0.25, -0.2) is 9.59 Å². The minimum atomic E-state index is -0.575. The fraction of sp³-hybridized carbons (Fsp3) is 0.385. The minimum Gasteiger partial charge on any atom is -0.463 e. The van der Waals surface area contributed by atoms with E-state index in [0.29, 0.717) is 29.4 Å². The first-order chi connectivity index (χ1) is 15.4. The number of nitrogens with one attached hydrogen (secondary N) is 2. The van der Waals surface area contributed by atoms with Gasteiger partial charge in [-0.1, -0.05) is 51.5 Å². The van der Waals surface area contributed by atoms with Crippen LogP contribution < -0.4 is 15.4 Å². The smallest absolute Gasteiger partial charge is 0.338 e. The maximum Gasteiger partial charge on any atom is 0.338 e. The zero-order chi connectivity index (χ0) is 23.1. The second kappa shape index (κ2) is 10.8. The van der Waals surface area contributed by atoms with E-state index in [0.717, 1.165) is 24.2 Å². The first kappa shape index (κ1) is 23.4. The number of hydrogen-bond donors (Lipinski definition) is 2. The van der Waals surface area contributed by atoms with Crippen molar-refractivity contribution < 1.29 is 19.1 Å². The number of hydrogen-bond acceptors (Lipinski definition) is 4. The van der Waals surface area contributed by atoms with Crippen LogP contribution in [0.25, 0.3) is 0 Å². The van der Waals surface area contributed by atoms with Gasteiger partial charge in [0.2, 0.25) is 0 Å². The molecule has 2 aromatic carbocycles. The molecule has 6 heteroatoms. The van der Waals surface area contributed by atoms with Crippen molar-refractivity contribution in [3.63, 3.8) is 0 Å². The summed E-state index contributed by atoms with van der Waals surface area (Å²) in [7, 11) is 0. The van der Waals surface area contributed by atoms with Crippen molar-refractivity contribution in [2.75, 3.05) is 6.61 Å². The highest BCUT2D eigenvalue weighted by Gasteiger charge is 2.33. The van der Waals surface area contributed by atoms with Crippen LogP contribution in [0.1, 0.15) is 70.0 Å². The molecule has 0 spiro atoms. The lowest BCUT2D eigenvalue weighted by Gasteiger charge is -2.29. The largest absolute Gasteiger partial charge is 0.463 e. The lowest BCUT2D eigenvalue weighted by Crippen LogP contribution is -2.46. The summed E-state index contributed by atoms with van der Waals surface area (Å²) in [6.45, 7) is 8.42. The summed E-state index contributed by atoms with van der Waals surface area (Å²) in [6.07, 6.45) is 2.44. The number of carbonyl (C=O) groups excluding carboxylic acids is 2. The Kier molecular flexibility index (Phi) is 7.92. The molecular weight excluding hydrogens is 404 g/mol. The van der Waals surface area contributed by atoms with E-state index in [-0.39, 0.29) is 12.6 Å². The monoisotopic (exact) mass is 436 g/mol. The number of rotatable bonds is 9. The molecule has 0 saturated carbocycles. The van der Waals surface area contributed by atoms with Gasteiger partial charge in [-0.15, -0.1) is 0 Å². The number of amides is 2. The number of esters is 1. The van der Waals surface area contributed by atoms with E-state index in [9.17, 15) is 9.59 Å². The Balaban J connectivity index is 1.84. The summed E-state index contributed by atoms with van der Waals surface area (Å²) in [5.41, 5.74) is 3.13. The number of ether oxygens (including phenoxy) is 2. The molecule has 1 aliphatic rings. The molecule has 170 valence electrons. The molecule has 6 nitrogen and oxygen atoms in total. The Bertz CT molecular complexity index is 962. The molecule has 0 aromatic heterocycles. The predicted molar refractivity (Wildman–Crippen MR) is 125 cm³/mol. The fourth-order valence-corrected chi connectivity index (χ4v) is 3.65. The van der Waals surface area contributed by atoms with Crippen molar-refractivity contribution >= 4 is 12.0 Å². The summed E-state index contributed by atoms with van der Waals surface area (Å²) in [6, 6.07) is 14.6. The molecule has 0 bridgehead atoms. The minimum absolute atomic E-state index is 0.270. The van der Waals surface area contributed by atoms with Crippen LogP contribution >= 0.6 is 0 Å². The van der Waals surface area contributed by atoms with Gasteiger partial charge in [0.15, 0.2) is 0 Å². The average Bonchev–Trinajstić information content (AvgIpc) is 2.78. The van der Waals surface area contributed by atoms with Crippen molar-refractivity contribution in [2.45, 2.75) is 58.9 Å². The molecule has 3 rings (SSSR count). The molecule has 0 radical (unpaired) electrons. The number of allylic oxidation sites excluding steroid dienone is 1. The molecule has 1 heterocycles. The Hall–Kier alpha value is -3.28. The van der Waals surface area contributed by atoms with Crippen molar-refractivity contribution in [2.24, 2.45) is 0 Å². The highest BCUT2D eigenvalue weighted by Crippen LogP contribution is 2.31. The van der Waals surface area contributed by atoms with E-state index in [1.165, 1.54) is 5.56 Å². The van der Waals surface area contributed by atoms with Gasteiger partial charge in [-0.2, -0.15) is 0 Å². The number of urea groups is 1. The summed E-state index contributed by atoms with van der Waals surface area (Å²) in [5.74, 6) is 1.49. The molecule has 0 saturated heterocycles. The first-order valence-electron chi connectivity index (χ1n) is 11.3. The lowest BCUT2D eigenvalue weighted by molar-refractivity contribution is -0.139. The summed E-state index contributed by atoms with van der Waals surface area (Å²) in [4.78, 5) is 25.0. The third-order valence-corrected chi connectivity index (χ3v) is 5.43. The second-order valence-electron chi connectivity index (χ2n) is 8.14. The van der Waals surface area contributed by atoms with Gasteiger partial charge < -0.3 is 20.1 Å². The molecule has 0 aliphatic carbocycles. The topological polar surface area (TPSA) is 76.7 Å². The third-order valence-electron chi connectivity index (χ3n) is 5.43. The SMILES string of the molecule is CCCCC1=C(C(=O)OCC)C(c2ccc(Oc3ccc(C(C)C)cc3)cc2)NC(=O)N1. The van der Waals surface area contributed by atoms with Gasteiger partial charge in [-0.3, -0.25) is 0 Å². The molecule has 2 amide bonds. The van der Waals surface area contributed by atoms with E-state index in [4.69, 9.17) is 9.47 Å². The fourth-order valence-electron chi connectivity index (χ4n) is 3.65. The first-order valence-corrected chi connectivity index (χ1v) is 11.3. The average molecular weight is 437 g/mol. The number of benzene rings is 2. The third kappa shape index (κ3) is 5.69. The Morgan fingerprint density at radius 2 is 1.62 bits per heavy atom. The van der Waals surface area contributed by atoms with Gasteiger partial charge in [-0.05, 0) is 61.1 Å². The molecule has 1 aliphatic heterocycles.